The summed E-state index contributed by atoms with van der Waals surface area (Å²) in [7, 11) is 0. The summed E-state index contributed by atoms with van der Waals surface area (Å²) in [5.41, 5.74) is 1.95. The first-order chi connectivity index (χ1) is 13.6. The Labute approximate surface area is 164 Å². The van der Waals surface area contributed by atoms with Gasteiger partial charge in [-0.2, -0.15) is 0 Å². The molecule has 28 heavy (non-hydrogen) atoms. The Balaban J connectivity index is 1.45. The van der Waals surface area contributed by atoms with E-state index in [1.165, 1.54) is 5.56 Å². The molecule has 1 unspecified atom stereocenters. The molecule has 4 heteroatoms. The standard InChI is InChI=1S/C24H23NO3/c26-23(21-12-6-7-13-22(21)28-20-10-2-1-3-11-20)25-17-24(27)15-14-18-8-4-5-9-19(18)16-24/h1-13,27H,14-17H2,(H,25,26). The third kappa shape index (κ3) is 4.07. The first-order valence-corrected chi connectivity index (χ1v) is 9.52. The molecule has 0 radical (unpaired) electrons. The zero-order valence-electron chi connectivity index (χ0n) is 15.6. The van der Waals surface area contributed by atoms with E-state index in [0.29, 0.717) is 29.9 Å². The molecule has 3 aromatic carbocycles. The lowest BCUT2D eigenvalue weighted by atomic mass is 9.80. The number of benzene rings is 3. The average Bonchev–Trinajstić information content (AvgIpc) is 2.73. The van der Waals surface area contributed by atoms with Gasteiger partial charge in [0.1, 0.15) is 11.5 Å². The van der Waals surface area contributed by atoms with Gasteiger partial charge >= 0.3 is 0 Å². The lowest BCUT2D eigenvalue weighted by Crippen LogP contribution is -2.46. The van der Waals surface area contributed by atoms with Crippen LogP contribution in [0.15, 0.2) is 78.9 Å². The molecule has 142 valence electrons. The summed E-state index contributed by atoms with van der Waals surface area (Å²) in [4.78, 5) is 12.8. The van der Waals surface area contributed by atoms with Gasteiger partial charge < -0.3 is 15.2 Å². The number of carbonyl (C=O) groups is 1. The van der Waals surface area contributed by atoms with E-state index < -0.39 is 5.60 Å². The quantitative estimate of drug-likeness (QED) is 0.707. The van der Waals surface area contributed by atoms with Crippen LogP contribution in [0.25, 0.3) is 0 Å². The summed E-state index contributed by atoms with van der Waals surface area (Å²) in [6, 6.07) is 24.7. The van der Waals surface area contributed by atoms with Crippen molar-refractivity contribution >= 4 is 5.91 Å². The van der Waals surface area contributed by atoms with E-state index in [1.54, 1.807) is 18.2 Å². The summed E-state index contributed by atoms with van der Waals surface area (Å²) in [6.45, 7) is 0.208. The van der Waals surface area contributed by atoms with E-state index >= 15 is 0 Å². The Bertz CT molecular complexity index is 970. The maximum atomic E-state index is 12.8. The average molecular weight is 373 g/mol. The van der Waals surface area contributed by atoms with E-state index in [9.17, 15) is 9.90 Å². The number of amides is 1. The fourth-order valence-corrected chi connectivity index (χ4v) is 3.63. The van der Waals surface area contributed by atoms with Crippen LogP contribution < -0.4 is 10.1 Å². The Morgan fingerprint density at radius 3 is 2.43 bits per heavy atom. The highest BCUT2D eigenvalue weighted by molar-refractivity contribution is 5.97. The van der Waals surface area contributed by atoms with Gasteiger partial charge in [-0.25, -0.2) is 0 Å². The number of fused-ring (bicyclic) bond motifs is 1. The molecule has 2 N–H and O–H groups in total. The topological polar surface area (TPSA) is 58.6 Å². The lowest BCUT2D eigenvalue weighted by Gasteiger charge is -2.33. The van der Waals surface area contributed by atoms with E-state index in [1.807, 2.05) is 54.6 Å². The van der Waals surface area contributed by atoms with E-state index in [-0.39, 0.29) is 12.5 Å². The van der Waals surface area contributed by atoms with Crippen molar-refractivity contribution < 1.29 is 14.6 Å². The molecule has 0 fully saturated rings. The van der Waals surface area contributed by atoms with Crippen LogP contribution in [0.2, 0.25) is 0 Å². The maximum absolute atomic E-state index is 12.8. The molecule has 0 saturated carbocycles. The Hall–Kier alpha value is -3.11. The molecule has 0 spiro atoms. The van der Waals surface area contributed by atoms with Gasteiger partial charge in [-0.15, -0.1) is 0 Å². The third-order valence-corrected chi connectivity index (χ3v) is 5.18. The number of para-hydroxylation sites is 2. The van der Waals surface area contributed by atoms with Crippen molar-refractivity contribution in [1.29, 1.82) is 0 Å². The van der Waals surface area contributed by atoms with E-state index in [4.69, 9.17) is 4.74 Å². The molecular weight excluding hydrogens is 350 g/mol. The molecule has 1 aliphatic rings. The SMILES string of the molecule is O=C(NCC1(O)CCc2ccccc2C1)c1ccccc1Oc1ccccc1. The van der Waals surface area contributed by atoms with Crippen LogP contribution >= 0.6 is 0 Å². The zero-order valence-corrected chi connectivity index (χ0v) is 15.6. The predicted molar refractivity (Wildman–Crippen MR) is 109 cm³/mol. The summed E-state index contributed by atoms with van der Waals surface area (Å²) >= 11 is 0. The van der Waals surface area contributed by atoms with Gasteiger partial charge in [0.15, 0.2) is 0 Å². The second kappa shape index (κ2) is 7.87. The smallest absolute Gasteiger partial charge is 0.255 e. The highest BCUT2D eigenvalue weighted by Crippen LogP contribution is 2.29. The van der Waals surface area contributed by atoms with Crippen LogP contribution in [0.1, 0.15) is 27.9 Å². The molecule has 1 aliphatic carbocycles. The van der Waals surface area contributed by atoms with Crippen molar-refractivity contribution in [2.75, 3.05) is 6.54 Å². The number of aryl methyl sites for hydroxylation is 1. The van der Waals surface area contributed by atoms with Gasteiger partial charge in [0.2, 0.25) is 0 Å². The predicted octanol–water partition coefficient (Wildman–Crippen LogP) is 4.13. The minimum Gasteiger partial charge on any atom is -0.457 e. The van der Waals surface area contributed by atoms with E-state index in [0.717, 1.165) is 12.0 Å². The number of rotatable bonds is 5. The first-order valence-electron chi connectivity index (χ1n) is 9.52. The highest BCUT2D eigenvalue weighted by atomic mass is 16.5. The summed E-state index contributed by atoms with van der Waals surface area (Å²) in [5.74, 6) is 0.913. The van der Waals surface area contributed by atoms with Gasteiger partial charge in [0.05, 0.1) is 11.2 Å². The van der Waals surface area contributed by atoms with Crippen molar-refractivity contribution in [3.8, 4) is 11.5 Å². The van der Waals surface area contributed by atoms with Crippen molar-refractivity contribution in [3.05, 3.63) is 95.6 Å². The van der Waals surface area contributed by atoms with Crippen LogP contribution in [-0.4, -0.2) is 23.2 Å². The summed E-state index contributed by atoms with van der Waals surface area (Å²) in [6.07, 6.45) is 1.99. The van der Waals surface area contributed by atoms with Crippen molar-refractivity contribution in [3.63, 3.8) is 0 Å². The van der Waals surface area contributed by atoms with Crippen LogP contribution in [0.4, 0.5) is 0 Å². The number of aliphatic hydroxyl groups is 1. The molecular formula is C24H23NO3. The second-order valence-corrected chi connectivity index (χ2v) is 7.26. The lowest BCUT2D eigenvalue weighted by molar-refractivity contribution is 0.0259. The number of hydrogen-bond acceptors (Lipinski definition) is 3. The number of hydrogen-bond donors (Lipinski definition) is 2. The molecule has 0 aliphatic heterocycles. The zero-order chi connectivity index (χ0) is 19.4. The minimum absolute atomic E-state index is 0.208. The second-order valence-electron chi connectivity index (χ2n) is 7.26. The van der Waals surface area contributed by atoms with Gasteiger partial charge in [0, 0.05) is 13.0 Å². The molecule has 1 amide bonds. The number of carbonyl (C=O) groups excluding carboxylic acids is 1. The molecule has 1 atom stereocenters. The normalized spacial score (nSPS) is 18.2. The van der Waals surface area contributed by atoms with Gasteiger partial charge in [-0.05, 0) is 48.2 Å². The van der Waals surface area contributed by atoms with Gasteiger partial charge in [-0.3, -0.25) is 4.79 Å². The van der Waals surface area contributed by atoms with E-state index in [2.05, 4.69) is 11.4 Å². The van der Waals surface area contributed by atoms with Gasteiger partial charge in [0.25, 0.3) is 5.91 Å². The minimum atomic E-state index is -0.931. The monoisotopic (exact) mass is 373 g/mol. The van der Waals surface area contributed by atoms with Crippen LogP contribution in [0, 0.1) is 0 Å². The number of ether oxygens (including phenoxy) is 1. The molecule has 0 bridgehead atoms. The Morgan fingerprint density at radius 2 is 1.61 bits per heavy atom. The van der Waals surface area contributed by atoms with Gasteiger partial charge in [-0.1, -0.05) is 54.6 Å². The van der Waals surface area contributed by atoms with Crippen molar-refractivity contribution in [2.24, 2.45) is 0 Å². The first kappa shape index (κ1) is 18.3. The van der Waals surface area contributed by atoms with Crippen LogP contribution in [0.3, 0.4) is 0 Å². The number of nitrogens with one attached hydrogen (secondary N) is 1. The molecule has 4 rings (SSSR count). The van der Waals surface area contributed by atoms with Crippen molar-refractivity contribution in [2.45, 2.75) is 24.9 Å². The largest absolute Gasteiger partial charge is 0.457 e. The van der Waals surface area contributed by atoms with Crippen LogP contribution in [0.5, 0.6) is 11.5 Å². The Morgan fingerprint density at radius 1 is 0.929 bits per heavy atom. The third-order valence-electron chi connectivity index (χ3n) is 5.18. The highest BCUT2D eigenvalue weighted by Gasteiger charge is 2.32. The summed E-state index contributed by atoms with van der Waals surface area (Å²) < 4.78 is 5.87. The fraction of sp³-hybridized carbons (Fsp3) is 0.208. The van der Waals surface area contributed by atoms with Crippen LogP contribution in [-0.2, 0) is 12.8 Å². The maximum Gasteiger partial charge on any atom is 0.255 e. The molecule has 3 aromatic rings. The summed E-state index contributed by atoms with van der Waals surface area (Å²) in [5, 5.41) is 13.9. The fourth-order valence-electron chi connectivity index (χ4n) is 3.63. The molecule has 0 saturated heterocycles. The Kier molecular flexibility index (Phi) is 5.13. The molecule has 0 heterocycles. The molecule has 0 aromatic heterocycles. The van der Waals surface area contributed by atoms with Crippen molar-refractivity contribution in [1.82, 2.24) is 5.32 Å². The molecule has 4 nitrogen and oxygen atoms in total.